The largest absolute Gasteiger partial charge is 0.491 e. The maximum Gasteiger partial charge on any atom is 0.416 e. The molecule has 1 saturated carbocycles. The number of hydrogen-bond donors (Lipinski definition) is 1. The average molecular weight is 413 g/mol. The van der Waals surface area contributed by atoms with Crippen LogP contribution in [0.15, 0.2) is 18.2 Å². The first-order chi connectivity index (χ1) is 13.8. The van der Waals surface area contributed by atoms with Gasteiger partial charge in [-0.3, -0.25) is 9.59 Å². The Morgan fingerprint density at radius 2 is 1.79 bits per heavy atom. The number of piperazine rings is 1. The molecule has 29 heavy (non-hydrogen) atoms. The van der Waals surface area contributed by atoms with E-state index in [0.717, 1.165) is 25.0 Å². The number of amides is 2. The van der Waals surface area contributed by atoms with Crippen LogP contribution in [0.5, 0.6) is 5.75 Å². The molecular formula is C20H26F3N3O3. The van der Waals surface area contributed by atoms with Gasteiger partial charge in [-0.25, -0.2) is 0 Å². The predicted octanol–water partition coefficient (Wildman–Crippen LogP) is 2.99. The molecule has 0 spiro atoms. The molecule has 1 aromatic carbocycles. The highest BCUT2D eigenvalue weighted by atomic mass is 19.4. The van der Waals surface area contributed by atoms with Gasteiger partial charge in [-0.2, -0.15) is 13.2 Å². The molecule has 1 heterocycles. The van der Waals surface area contributed by atoms with Gasteiger partial charge < -0.3 is 19.9 Å². The van der Waals surface area contributed by atoms with E-state index < -0.39 is 11.7 Å². The zero-order valence-corrected chi connectivity index (χ0v) is 16.4. The molecule has 0 unspecified atom stereocenters. The Morgan fingerprint density at radius 1 is 1.14 bits per heavy atom. The van der Waals surface area contributed by atoms with Gasteiger partial charge in [0.2, 0.25) is 11.8 Å². The third-order valence-corrected chi connectivity index (χ3v) is 5.07. The quantitative estimate of drug-likeness (QED) is 0.747. The van der Waals surface area contributed by atoms with Crippen LogP contribution in [0.1, 0.15) is 31.7 Å². The van der Waals surface area contributed by atoms with Crippen molar-refractivity contribution in [3.63, 3.8) is 0 Å². The summed E-state index contributed by atoms with van der Waals surface area (Å²) in [6.45, 7) is 3.98. The van der Waals surface area contributed by atoms with Gasteiger partial charge >= 0.3 is 6.18 Å². The Hall–Kier alpha value is -2.45. The van der Waals surface area contributed by atoms with Crippen molar-refractivity contribution in [2.24, 2.45) is 5.92 Å². The fourth-order valence-corrected chi connectivity index (χ4v) is 3.23. The van der Waals surface area contributed by atoms with E-state index in [1.165, 1.54) is 6.07 Å². The summed E-state index contributed by atoms with van der Waals surface area (Å²) in [5.74, 6) is 0.383. The molecular weight excluding hydrogens is 387 g/mol. The topological polar surface area (TPSA) is 61.9 Å². The molecule has 1 aliphatic carbocycles. The highest BCUT2D eigenvalue weighted by Gasteiger charge is 2.35. The lowest BCUT2D eigenvalue weighted by Gasteiger charge is -2.35. The number of halogens is 3. The number of hydrogen-bond acceptors (Lipinski definition) is 4. The fourth-order valence-electron chi connectivity index (χ4n) is 3.23. The second-order valence-electron chi connectivity index (χ2n) is 7.39. The number of carbonyl (C=O) groups is 2. The molecule has 0 bridgehead atoms. The number of benzene rings is 1. The lowest BCUT2D eigenvalue weighted by atomic mass is 10.1. The molecule has 2 aliphatic rings. The van der Waals surface area contributed by atoms with Gasteiger partial charge in [-0.15, -0.1) is 0 Å². The monoisotopic (exact) mass is 413 g/mol. The van der Waals surface area contributed by atoms with E-state index in [9.17, 15) is 22.8 Å². The van der Waals surface area contributed by atoms with Crippen molar-refractivity contribution in [2.45, 2.75) is 32.4 Å². The summed E-state index contributed by atoms with van der Waals surface area (Å²) in [6, 6.07) is 3.20. The minimum atomic E-state index is -4.48. The molecule has 2 amide bonds. The van der Waals surface area contributed by atoms with E-state index in [1.54, 1.807) is 9.80 Å². The lowest BCUT2D eigenvalue weighted by Crippen LogP contribution is -2.52. The molecule has 3 rings (SSSR count). The first-order valence-electron chi connectivity index (χ1n) is 9.94. The van der Waals surface area contributed by atoms with Gasteiger partial charge in [-0.1, -0.05) is 6.92 Å². The van der Waals surface area contributed by atoms with E-state index >= 15 is 0 Å². The van der Waals surface area contributed by atoms with Crippen LogP contribution in [0.4, 0.5) is 18.9 Å². The van der Waals surface area contributed by atoms with Crippen molar-refractivity contribution < 1.29 is 27.5 Å². The predicted molar refractivity (Wildman–Crippen MR) is 102 cm³/mol. The van der Waals surface area contributed by atoms with E-state index in [0.29, 0.717) is 39.2 Å². The molecule has 1 aliphatic heterocycles. The molecule has 0 radical (unpaired) electrons. The summed E-state index contributed by atoms with van der Waals surface area (Å²) in [7, 11) is 0. The highest BCUT2D eigenvalue weighted by molar-refractivity contribution is 5.83. The third-order valence-electron chi connectivity index (χ3n) is 5.07. The molecule has 1 saturated heterocycles. The normalized spacial score (nSPS) is 17.2. The molecule has 2 fully saturated rings. The summed E-state index contributed by atoms with van der Waals surface area (Å²) in [6.07, 6.45) is -1.87. The minimum Gasteiger partial charge on any atom is -0.491 e. The molecule has 6 nitrogen and oxygen atoms in total. The SMILES string of the molecule is CCCOc1ccc(C(F)(F)F)cc1NCC(=O)N1CCN(C(=O)C2CC2)CC1. The fraction of sp³-hybridized carbons (Fsp3) is 0.600. The van der Waals surface area contributed by atoms with Gasteiger partial charge in [0.05, 0.1) is 24.4 Å². The van der Waals surface area contributed by atoms with Crippen LogP contribution in [0.3, 0.4) is 0 Å². The van der Waals surface area contributed by atoms with E-state index in [2.05, 4.69) is 5.32 Å². The smallest absolute Gasteiger partial charge is 0.416 e. The minimum absolute atomic E-state index is 0.139. The molecule has 1 aromatic rings. The van der Waals surface area contributed by atoms with E-state index in [4.69, 9.17) is 4.74 Å². The summed E-state index contributed by atoms with van der Waals surface area (Å²) in [4.78, 5) is 28.0. The number of rotatable bonds is 7. The Labute approximate surface area is 168 Å². The Balaban J connectivity index is 1.57. The van der Waals surface area contributed by atoms with Crippen molar-refractivity contribution in [1.29, 1.82) is 0 Å². The van der Waals surface area contributed by atoms with Gasteiger partial charge in [0, 0.05) is 32.1 Å². The molecule has 1 N–H and O–H groups in total. The van der Waals surface area contributed by atoms with E-state index in [1.807, 2.05) is 6.92 Å². The second kappa shape index (κ2) is 8.92. The van der Waals surface area contributed by atoms with Gasteiger partial charge in [0.15, 0.2) is 0 Å². The first-order valence-corrected chi connectivity index (χ1v) is 9.94. The number of nitrogens with one attached hydrogen (secondary N) is 1. The van der Waals surface area contributed by atoms with Crippen molar-refractivity contribution in [3.8, 4) is 5.75 Å². The summed E-state index contributed by atoms with van der Waals surface area (Å²) in [5, 5.41) is 2.80. The Kier molecular flexibility index (Phi) is 6.54. The molecule has 0 aromatic heterocycles. The lowest BCUT2D eigenvalue weighted by molar-refractivity contribution is -0.139. The number of anilines is 1. The number of alkyl halides is 3. The van der Waals surface area contributed by atoms with Crippen molar-refractivity contribution in [2.75, 3.05) is 44.6 Å². The number of carbonyl (C=O) groups excluding carboxylic acids is 2. The molecule has 0 atom stereocenters. The summed E-state index contributed by atoms with van der Waals surface area (Å²) < 4.78 is 44.6. The van der Waals surface area contributed by atoms with Crippen LogP contribution in [-0.2, 0) is 15.8 Å². The maximum absolute atomic E-state index is 13.0. The zero-order chi connectivity index (χ0) is 21.0. The summed E-state index contributed by atoms with van der Waals surface area (Å²) >= 11 is 0. The van der Waals surface area contributed by atoms with Crippen LogP contribution < -0.4 is 10.1 Å². The molecule has 9 heteroatoms. The number of ether oxygens (including phenoxy) is 1. The zero-order valence-electron chi connectivity index (χ0n) is 16.4. The van der Waals surface area contributed by atoms with Crippen LogP contribution >= 0.6 is 0 Å². The Bertz CT molecular complexity index is 742. The summed E-state index contributed by atoms with van der Waals surface area (Å²) in [5.41, 5.74) is -0.660. The van der Waals surface area contributed by atoms with Crippen molar-refractivity contribution in [3.05, 3.63) is 23.8 Å². The van der Waals surface area contributed by atoms with Crippen LogP contribution in [0.25, 0.3) is 0 Å². The molecule has 160 valence electrons. The first kappa shape index (κ1) is 21.3. The van der Waals surface area contributed by atoms with Gasteiger partial charge in [-0.05, 0) is 37.5 Å². The standard InChI is InChI=1S/C20H26F3N3O3/c1-2-11-29-17-6-5-15(20(21,22)23)12-16(17)24-13-18(27)25-7-9-26(10-8-25)19(28)14-3-4-14/h5-6,12,14,24H,2-4,7-11,13H2,1H3. The second-order valence-corrected chi connectivity index (χ2v) is 7.39. The van der Waals surface area contributed by atoms with Crippen LogP contribution in [0, 0.1) is 5.92 Å². The highest BCUT2D eigenvalue weighted by Crippen LogP contribution is 2.35. The third kappa shape index (κ3) is 5.55. The number of nitrogens with zero attached hydrogens (tertiary/aromatic N) is 2. The van der Waals surface area contributed by atoms with Gasteiger partial charge in [0.25, 0.3) is 0 Å². The Morgan fingerprint density at radius 3 is 2.38 bits per heavy atom. The van der Waals surface area contributed by atoms with E-state index in [-0.39, 0.29) is 35.7 Å². The van der Waals surface area contributed by atoms with Crippen molar-refractivity contribution in [1.82, 2.24) is 9.80 Å². The van der Waals surface area contributed by atoms with Crippen molar-refractivity contribution >= 4 is 17.5 Å². The van der Waals surface area contributed by atoms with Crippen LogP contribution in [-0.4, -0.2) is 60.9 Å². The van der Waals surface area contributed by atoms with Gasteiger partial charge in [0.1, 0.15) is 5.75 Å². The average Bonchev–Trinajstić information content (AvgIpc) is 3.55. The van der Waals surface area contributed by atoms with Crippen LogP contribution in [0.2, 0.25) is 0 Å². The maximum atomic E-state index is 13.0.